The Hall–Kier alpha value is -0.770. The zero-order chi connectivity index (χ0) is 12.5. The second-order valence-electron chi connectivity index (χ2n) is 5.23. The highest BCUT2D eigenvalue weighted by Crippen LogP contribution is 2.44. The number of halogens is 1. The summed E-state index contributed by atoms with van der Waals surface area (Å²) < 4.78 is 2.97. The third-order valence-electron chi connectivity index (χ3n) is 3.34. The fraction of sp³-hybridized carbons (Fsp3) is 0.615. The molecular formula is C13H19BrN2O. The molecule has 1 aromatic heterocycles. The number of nitrogens with one attached hydrogen (secondary N) is 1. The van der Waals surface area contributed by atoms with Gasteiger partial charge in [0, 0.05) is 23.8 Å². The minimum atomic E-state index is 0.0391. The lowest BCUT2D eigenvalue weighted by Crippen LogP contribution is -2.30. The Bertz CT molecular complexity index is 421. The SMILES string of the molecule is CCCn1cc(Br)cc1C(=O)NCC1(C)CC1. The predicted molar refractivity (Wildman–Crippen MR) is 72.1 cm³/mol. The molecule has 1 N–H and O–H groups in total. The summed E-state index contributed by atoms with van der Waals surface area (Å²) >= 11 is 3.42. The normalized spacial score (nSPS) is 16.9. The van der Waals surface area contributed by atoms with Crippen LogP contribution in [0.2, 0.25) is 0 Å². The first-order chi connectivity index (χ1) is 8.04. The number of nitrogens with zero attached hydrogens (tertiary/aromatic N) is 1. The van der Waals surface area contributed by atoms with Gasteiger partial charge in [0.25, 0.3) is 5.91 Å². The molecule has 0 bridgehead atoms. The van der Waals surface area contributed by atoms with Crippen LogP contribution in [0.5, 0.6) is 0 Å². The maximum atomic E-state index is 12.1. The van der Waals surface area contributed by atoms with Gasteiger partial charge in [-0.1, -0.05) is 13.8 Å². The molecule has 0 saturated heterocycles. The Kier molecular flexibility index (Phi) is 3.61. The molecule has 1 aliphatic carbocycles. The largest absolute Gasteiger partial charge is 0.350 e. The van der Waals surface area contributed by atoms with Crippen LogP contribution < -0.4 is 5.32 Å². The maximum absolute atomic E-state index is 12.1. The fourth-order valence-electron chi connectivity index (χ4n) is 1.87. The summed E-state index contributed by atoms with van der Waals surface area (Å²) in [5, 5.41) is 3.03. The van der Waals surface area contributed by atoms with Crippen LogP contribution in [0.15, 0.2) is 16.7 Å². The van der Waals surface area contributed by atoms with Gasteiger partial charge in [0.1, 0.15) is 5.69 Å². The Labute approximate surface area is 111 Å². The van der Waals surface area contributed by atoms with Gasteiger partial charge in [-0.15, -0.1) is 0 Å². The van der Waals surface area contributed by atoms with Crippen molar-refractivity contribution in [1.29, 1.82) is 0 Å². The fourth-order valence-corrected chi connectivity index (χ4v) is 2.33. The number of rotatable bonds is 5. The Morgan fingerprint density at radius 1 is 1.59 bits per heavy atom. The number of aryl methyl sites for hydroxylation is 1. The van der Waals surface area contributed by atoms with E-state index in [1.165, 1.54) is 12.8 Å². The zero-order valence-corrected chi connectivity index (χ0v) is 12.0. The number of hydrogen-bond donors (Lipinski definition) is 1. The van der Waals surface area contributed by atoms with E-state index in [1.54, 1.807) is 0 Å². The minimum absolute atomic E-state index is 0.0391. The first kappa shape index (κ1) is 12.7. The molecule has 1 amide bonds. The van der Waals surface area contributed by atoms with Gasteiger partial charge in [-0.2, -0.15) is 0 Å². The van der Waals surface area contributed by atoms with Gasteiger partial charge >= 0.3 is 0 Å². The van der Waals surface area contributed by atoms with Crippen molar-refractivity contribution >= 4 is 21.8 Å². The number of hydrogen-bond acceptors (Lipinski definition) is 1. The molecule has 1 saturated carbocycles. The maximum Gasteiger partial charge on any atom is 0.267 e. The lowest BCUT2D eigenvalue weighted by atomic mass is 10.1. The first-order valence-corrected chi connectivity index (χ1v) is 6.97. The molecule has 1 fully saturated rings. The van der Waals surface area contributed by atoms with Crippen LogP contribution in [0.3, 0.4) is 0 Å². The molecule has 1 heterocycles. The van der Waals surface area contributed by atoms with Crippen molar-refractivity contribution < 1.29 is 4.79 Å². The Morgan fingerprint density at radius 2 is 2.29 bits per heavy atom. The third kappa shape index (κ3) is 3.12. The smallest absolute Gasteiger partial charge is 0.267 e. The highest BCUT2D eigenvalue weighted by Gasteiger charge is 2.37. The minimum Gasteiger partial charge on any atom is -0.350 e. The molecule has 0 unspecified atom stereocenters. The van der Waals surface area contributed by atoms with Gasteiger partial charge in [-0.25, -0.2) is 0 Å². The first-order valence-electron chi connectivity index (χ1n) is 6.18. The molecular weight excluding hydrogens is 280 g/mol. The summed E-state index contributed by atoms with van der Waals surface area (Å²) in [4.78, 5) is 12.1. The zero-order valence-electron chi connectivity index (χ0n) is 10.4. The number of amides is 1. The van der Waals surface area contributed by atoms with Crippen molar-refractivity contribution in [2.45, 2.75) is 39.7 Å². The van der Waals surface area contributed by atoms with E-state index in [0.29, 0.717) is 5.41 Å². The standard InChI is InChI=1S/C13H19BrN2O/c1-3-6-16-8-10(14)7-11(16)12(17)15-9-13(2)4-5-13/h7-8H,3-6,9H2,1-2H3,(H,15,17). The lowest BCUT2D eigenvalue weighted by molar-refractivity contribution is 0.0936. The second-order valence-corrected chi connectivity index (χ2v) is 6.15. The molecule has 3 nitrogen and oxygen atoms in total. The Balaban J connectivity index is 2.01. The van der Waals surface area contributed by atoms with Gasteiger partial charge < -0.3 is 9.88 Å². The van der Waals surface area contributed by atoms with Crippen molar-refractivity contribution in [2.24, 2.45) is 5.41 Å². The van der Waals surface area contributed by atoms with Gasteiger partial charge in [0.05, 0.1) is 0 Å². The van der Waals surface area contributed by atoms with Crippen molar-refractivity contribution in [1.82, 2.24) is 9.88 Å². The molecule has 0 aromatic carbocycles. The molecule has 17 heavy (non-hydrogen) atoms. The average Bonchev–Trinajstić information content (AvgIpc) is 2.90. The lowest BCUT2D eigenvalue weighted by Gasteiger charge is -2.11. The molecule has 0 radical (unpaired) electrons. The van der Waals surface area contributed by atoms with Gasteiger partial charge in [0.2, 0.25) is 0 Å². The summed E-state index contributed by atoms with van der Waals surface area (Å²) in [6.07, 6.45) is 5.45. The van der Waals surface area contributed by atoms with Gasteiger partial charge in [-0.3, -0.25) is 4.79 Å². The molecule has 4 heteroatoms. The highest BCUT2D eigenvalue weighted by molar-refractivity contribution is 9.10. The van der Waals surface area contributed by atoms with E-state index in [9.17, 15) is 4.79 Å². The van der Waals surface area contributed by atoms with Crippen LogP contribution in [0, 0.1) is 5.41 Å². The van der Waals surface area contributed by atoms with E-state index in [2.05, 4.69) is 35.1 Å². The summed E-state index contributed by atoms with van der Waals surface area (Å²) in [5.74, 6) is 0.0391. The summed E-state index contributed by atoms with van der Waals surface area (Å²) in [6, 6.07) is 1.89. The van der Waals surface area contributed by atoms with Crippen LogP contribution in [-0.4, -0.2) is 17.0 Å². The van der Waals surface area contributed by atoms with Crippen molar-refractivity contribution in [3.8, 4) is 0 Å². The molecule has 2 rings (SSSR count). The summed E-state index contributed by atoms with van der Waals surface area (Å²) in [7, 11) is 0. The molecule has 0 spiro atoms. The molecule has 0 atom stereocenters. The van der Waals surface area contributed by atoms with E-state index in [1.807, 2.05) is 16.8 Å². The monoisotopic (exact) mass is 298 g/mol. The van der Waals surface area contributed by atoms with Gasteiger partial charge in [-0.05, 0) is 46.7 Å². The summed E-state index contributed by atoms with van der Waals surface area (Å²) in [5.41, 5.74) is 1.11. The van der Waals surface area contributed by atoms with Crippen LogP contribution in [0.1, 0.15) is 43.6 Å². The summed E-state index contributed by atoms with van der Waals surface area (Å²) in [6.45, 7) is 6.00. The topological polar surface area (TPSA) is 34.0 Å². The van der Waals surface area contributed by atoms with E-state index in [0.717, 1.165) is 29.7 Å². The van der Waals surface area contributed by atoms with Crippen LogP contribution in [-0.2, 0) is 6.54 Å². The van der Waals surface area contributed by atoms with Crippen molar-refractivity contribution in [2.75, 3.05) is 6.54 Å². The molecule has 1 aliphatic rings. The van der Waals surface area contributed by atoms with E-state index in [4.69, 9.17) is 0 Å². The number of aromatic nitrogens is 1. The van der Waals surface area contributed by atoms with Crippen LogP contribution in [0.25, 0.3) is 0 Å². The molecule has 94 valence electrons. The number of carbonyl (C=O) groups is 1. The number of carbonyl (C=O) groups excluding carboxylic acids is 1. The van der Waals surface area contributed by atoms with Crippen LogP contribution in [0.4, 0.5) is 0 Å². The van der Waals surface area contributed by atoms with Crippen LogP contribution >= 0.6 is 15.9 Å². The predicted octanol–water partition coefficient (Wildman–Crippen LogP) is 3.19. The highest BCUT2D eigenvalue weighted by atomic mass is 79.9. The van der Waals surface area contributed by atoms with Gasteiger partial charge in [0.15, 0.2) is 0 Å². The van der Waals surface area contributed by atoms with Crippen molar-refractivity contribution in [3.05, 3.63) is 22.4 Å². The van der Waals surface area contributed by atoms with E-state index in [-0.39, 0.29) is 5.91 Å². The molecule has 0 aliphatic heterocycles. The van der Waals surface area contributed by atoms with E-state index < -0.39 is 0 Å². The second kappa shape index (κ2) is 4.84. The van der Waals surface area contributed by atoms with E-state index >= 15 is 0 Å². The third-order valence-corrected chi connectivity index (χ3v) is 3.77. The quantitative estimate of drug-likeness (QED) is 0.890. The average molecular weight is 299 g/mol. The Morgan fingerprint density at radius 3 is 2.88 bits per heavy atom. The molecule has 1 aromatic rings. The van der Waals surface area contributed by atoms with Crippen molar-refractivity contribution in [3.63, 3.8) is 0 Å².